The van der Waals surface area contributed by atoms with Gasteiger partial charge in [-0.15, -0.1) is 0 Å². The summed E-state index contributed by atoms with van der Waals surface area (Å²) in [5.74, 6) is 0. The van der Waals surface area contributed by atoms with Gasteiger partial charge in [-0.2, -0.15) is 0 Å². The van der Waals surface area contributed by atoms with Crippen LogP contribution in [0.25, 0.3) is 0 Å². The normalized spacial score (nSPS) is 10.8. The van der Waals surface area contributed by atoms with E-state index in [0.717, 1.165) is 0 Å². The molecule has 23 heavy (non-hydrogen) atoms. The van der Waals surface area contributed by atoms with E-state index in [1.54, 1.807) is 31.5 Å². The van der Waals surface area contributed by atoms with Gasteiger partial charge in [0, 0.05) is 12.1 Å². The predicted molar refractivity (Wildman–Crippen MR) is 104 cm³/mol. The first-order valence-electron chi connectivity index (χ1n) is 9.18. The third kappa shape index (κ3) is 11.6. The first kappa shape index (κ1) is 22.4. The fourth-order valence-corrected chi connectivity index (χ4v) is 15.2. The van der Waals surface area contributed by atoms with Crippen LogP contribution >= 0.6 is 0 Å². The van der Waals surface area contributed by atoms with Crippen molar-refractivity contribution in [3.8, 4) is 0 Å². The molecule has 1 rings (SSSR count). The monoisotopic (exact) mass is 429 g/mol. The minimum atomic E-state index is -1.56. The molecule has 0 aliphatic carbocycles. The van der Waals surface area contributed by atoms with E-state index >= 15 is 0 Å². The smallest absolute Gasteiger partial charge is 0.258 e. The van der Waals surface area contributed by atoms with E-state index in [1.165, 1.54) is 50.7 Å². The molecule has 0 aliphatic heterocycles. The van der Waals surface area contributed by atoms with Crippen molar-refractivity contribution in [2.45, 2.75) is 77.5 Å². The first-order valence-corrected chi connectivity index (χ1v) is 18.1. The number of para-hydroxylation sites is 1. The van der Waals surface area contributed by atoms with Gasteiger partial charge in [0.2, 0.25) is 0 Å². The van der Waals surface area contributed by atoms with Gasteiger partial charge in [0.15, 0.2) is 0 Å². The average Bonchev–Trinajstić information content (AvgIpc) is 2.58. The molecule has 0 heterocycles. The molecule has 3 nitrogen and oxygen atoms in total. The van der Waals surface area contributed by atoms with E-state index in [4.69, 9.17) is 0 Å². The van der Waals surface area contributed by atoms with E-state index < -0.39 is 23.3 Å². The number of unbranched alkanes of at least 4 members (excludes halogenated alkanes) is 3. The third-order valence-corrected chi connectivity index (χ3v) is 17.7. The molecule has 4 heteroatoms. The maximum absolute atomic E-state index is 10.0. The van der Waals surface area contributed by atoms with Crippen molar-refractivity contribution in [3.05, 3.63) is 40.4 Å². The first-order chi connectivity index (χ1) is 11.0. The molecule has 0 aromatic heterocycles. The number of hydrogen-bond donors (Lipinski definition) is 0. The molecule has 0 atom stereocenters. The Labute approximate surface area is 146 Å². The number of rotatable bonds is 10. The van der Waals surface area contributed by atoms with Gasteiger partial charge < -0.3 is 0 Å². The topological polar surface area (TPSA) is 43.1 Å². The molecule has 0 bridgehead atoms. The zero-order valence-corrected chi connectivity index (χ0v) is 18.4. The molecule has 0 radical (unpaired) electrons. The number of nitrogens with zero attached hydrogens (tertiary/aromatic N) is 1. The molecule has 0 aliphatic rings. The summed E-state index contributed by atoms with van der Waals surface area (Å²) in [4.78, 5) is 12.3. The number of nitro benzene ring substituents is 1. The van der Waals surface area contributed by atoms with Crippen LogP contribution in [0.5, 0.6) is 0 Å². The van der Waals surface area contributed by atoms with Crippen LogP contribution in [0.15, 0.2) is 30.3 Å². The van der Waals surface area contributed by atoms with Crippen molar-refractivity contribution in [1.29, 1.82) is 0 Å². The van der Waals surface area contributed by atoms with Gasteiger partial charge in [-0.3, -0.25) is 10.1 Å². The maximum Gasteiger partial charge on any atom is 0.269 e. The van der Waals surface area contributed by atoms with Gasteiger partial charge in [-0.05, 0) is 0 Å². The summed E-state index contributed by atoms with van der Waals surface area (Å²) >= 11 is -1.56. The Morgan fingerprint density at radius 2 is 1.26 bits per heavy atom. The van der Waals surface area contributed by atoms with E-state index in [2.05, 4.69) is 25.7 Å². The largest absolute Gasteiger partial charge is 0.269 e. The summed E-state index contributed by atoms with van der Waals surface area (Å²) in [5, 5.41) is 10.0. The molecule has 0 N–H and O–H groups in total. The van der Waals surface area contributed by atoms with Crippen LogP contribution in [-0.4, -0.2) is 23.3 Å². The minimum Gasteiger partial charge on any atom is -0.258 e. The summed E-state index contributed by atoms with van der Waals surface area (Å²) in [6.07, 6.45) is 8.76. The van der Waals surface area contributed by atoms with Crippen LogP contribution < -0.4 is 0 Å². The van der Waals surface area contributed by atoms with Crippen LogP contribution in [0.4, 0.5) is 5.69 Å². The SMILES string of the molecule is CCC[CH2][Sn]([CH3])([CH2]CCC)[CH2]CCC.O=[N+]([O-])c1ccccc1. The van der Waals surface area contributed by atoms with E-state index in [9.17, 15) is 10.1 Å². The quantitative estimate of drug-likeness (QED) is 0.228. The summed E-state index contributed by atoms with van der Waals surface area (Å²) in [5.41, 5.74) is 0.137. The Morgan fingerprint density at radius 3 is 1.52 bits per heavy atom. The van der Waals surface area contributed by atoms with Gasteiger partial charge in [-0.1, -0.05) is 18.2 Å². The van der Waals surface area contributed by atoms with Gasteiger partial charge in [0.05, 0.1) is 4.92 Å². The summed E-state index contributed by atoms with van der Waals surface area (Å²) in [6.45, 7) is 7.02. The van der Waals surface area contributed by atoms with Crippen molar-refractivity contribution in [2.75, 3.05) is 0 Å². The summed E-state index contributed by atoms with van der Waals surface area (Å²) in [7, 11) is 0. The summed E-state index contributed by atoms with van der Waals surface area (Å²) < 4.78 is 4.97. The van der Waals surface area contributed by atoms with Crippen LogP contribution in [0.3, 0.4) is 0 Å². The van der Waals surface area contributed by atoms with Crippen molar-refractivity contribution in [2.24, 2.45) is 0 Å². The summed E-state index contributed by atoms with van der Waals surface area (Å²) in [6, 6.07) is 7.93. The molecule has 1 aromatic carbocycles. The van der Waals surface area contributed by atoms with Crippen molar-refractivity contribution in [1.82, 2.24) is 0 Å². The average molecular weight is 428 g/mol. The van der Waals surface area contributed by atoms with Gasteiger partial charge >= 0.3 is 95.9 Å². The molecule has 0 amide bonds. The van der Waals surface area contributed by atoms with Crippen LogP contribution in [0, 0.1) is 10.1 Å². The van der Waals surface area contributed by atoms with Crippen LogP contribution in [0.2, 0.25) is 18.2 Å². The van der Waals surface area contributed by atoms with Gasteiger partial charge in [0.1, 0.15) is 0 Å². The maximum atomic E-state index is 10.0. The Bertz CT molecular complexity index is 387. The zero-order valence-electron chi connectivity index (χ0n) is 15.5. The van der Waals surface area contributed by atoms with E-state index in [0.29, 0.717) is 0 Å². The molecule has 1 aromatic rings. The molecule has 0 saturated heterocycles. The van der Waals surface area contributed by atoms with Crippen molar-refractivity contribution < 1.29 is 4.92 Å². The molecule has 0 saturated carbocycles. The second-order valence-corrected chi connectivity index (χ2v) is 21.3. The number of benzene rings is 1. The Morgan fingerprint density at radius 1 is 0.870 bits per heavy atom. The number of hydrogen-bond acceptors (Lipinski definition) is 2. The van der Waals surface area contributed by atoms with E-state index in [-0.39, 0.29) is 5.69 Å². The Hall–Kier alpha value is -0.581. The van der Waals surface area contributed by atoms with Crippen LogP contribution in [0.1, 0.15) is 59.3 Å². The Kier molecular flexibility index (Phi) is 13.5. The fourth-order valence-electron chi connectivity index (χ4n) is 2.74. The fraction of sp³-hybridized carbons (Fsp3) is 0.684. The van der Waals surface area contributed by atoms with Gasteiger partial charge in [-0.25, -0.2) is 0 Å². The minimum absolute atomic E-state index is 0.137. The second-order valence-electron chi connectivity index (χ2n) is 6.71. The third-order valence-electron chi connectivity index (χ3n) is 4.37. The second kappa shape index (κ2) is 13.8. The number of nitro groups is 1. The van der Waals surface area contributed by atoms with Crippen molar-refractivity contribution >= 4 is 24.1 Å². The predicted octanol–water partition coefficient (Wildman–Crippen LogP) is 7.06. The molecular weight excluding hydrogens is 393 g/mol. The van der Waals surface area contributed by atoms with Crippen molar-refractivity contribution in [3.63, 3.8) is 0 Å². The molecular formula is C19H35NO2Sn. The standard InChI is InChI=1S/C6H5NO2.3C4H9.CH3.Sn/c8-7(9)6-4-2-1-3-5-6;3*1-3-4-2;;/h1-5H;3*1,3-4H2,2H3;1H3;. The van der Waals surface area contributed by atoms with Gasteiger partial charge in [0.25, 0.3) is 5.69 Å². The zero-order chi connectivity index (χ0) is 17.6. The van der Waals surface area contributed by atoms with E-state index in [1.807, 2.05) is 0 Å². The molecule has 0 spiro atoms. The van der Waals surface area contributed by atoms with Crippen LogP contribution in [-0.2, 0) is 0 Å². The molecule has 0 fully saturated rings. The Balaban J connectivity index is 0.000000459. The molecule has 0 unspecified atom stereocenters. The molecule has 132 valence electrons. The number of non-ortho nitro benzene ring substituents is 1.